The van der Waals surface area contributed by atoms with Crippen molar-refractivity contribution in [3.8, 4) is 11.4 Å². The molecular weight excluding hydrogens is 444 g/mol. The number of thioether (sulfide) groups is 1. The number of nitrogens with zero attached hydrogens (tertiary/aromatic N) is 2. The number of benzene rings is 2. The summed E-state index contributed by atoms with van der Waals surface area (Å²) in [5.74, 6) is 0.382. The molecule has 4 aromatic rings. The van der Waals surface area contributed by atoms with Gasteiger partial charge in [-0.1, -0.05) is 36.0 Å². The number of methoxy groups -OCH3 is 1. The van der Waals surface area contributed by atoms with Crippen molar-refractivity contribution in [2.75, 3.05) is 12.9 Å². The van der Waals surface area contributed by atoms with Gasteiger partial charge in [0.05, 0.1) is 42.3 Å². The predicted octanol–water partition coefficient (Wildman–Crippen LogP) is 3.11. The van der Waals surface area contributed by atoms with Crippen LogP contribution in [0.5, 0.6) is 5.75 Å². The van der Waals surface area contributed by atoms with Crippen LogP contribution in [0.25, 0.3) is 16.6 Å². The molecule has 33 heavy (non-hydrogen) atoms. The second kappa shape index (κ2) is 10.0. The van der Waals surface area contributed by atoms with Crippen LogP contribution in [0.2, 0.25) is 0 Å². The van der Waals surface area contributed by atoms with Gasteiger partial charge < -0.3 is 14.5 Å². The van der Waals surface area contributed by atoms with Gasteiger partial charge in [-0.15, -0.1) is 0 Å². The Morgan fingerprint density at radius 1 is 1.09 bits per heavy atom. The van der Waals surface area contributed by atoms with Crippen molar-refractivity contribution < 1.29 is 18.7 Å². The normalized spacial score (nSPS) is 10.7. The Hall–Kier alpha value is -4.05. The SMILES string of the molecule is COc1ccccc1-n1c(SCC(=O)NC(=O)NCc2ccco2)nc2ccccc2c1=O. The molecule has 0 bridgehead atoms. The fourth-order valence-corrected chi connectivity index (χ4v) is 3.96. The lowest BCUT2D eigenvalue weighted by atomic mass is 10.2. The molecule has 0 radical (unpaired) electrons. The summed E-state index contributed by atoms with van der Waals surface area (Å²) in [6.07, 6.45) is 1.49. The number of fused-ring (bicyclic) bond motifs is 1. The van der Waals surface area contributed by atoms with Crippen LogP contribution >= 0.6 is 11.8 Å². The third-order valence-corrected chi connectivity index (χ3v) is 5.60. The van der Waals surface area contributed by atoms with E-state index in [1.807, 2.05) is 0 Å². The monoisotopic (exact) mass is 464 g/mol. The molecule has 0 fully saturated rings. The number of hydrogen-bond donors (Lipinski definition) is 2. The van der Waals surface area contributed by atoms with Crippen molar-refractivity contribution in [3.05, 3.63) is 83.0 Å². The summed E-state index contributed by atoms with van der Waals surface area (Å²) in [6.45, 7) is 0.152. The van der Waals surface area contributed by atoms with E-state index in [0.717, 1.165) is 11.8 Å². The van der Waals surface area contributed by atoms with Crippen LogP contribution in [0.1, 0.15) is 5.76 Å². The first-order chi connectivity index (χ1) is 16.1. The fraction of sp³-hybridized carbons (Fsp3) is 0.130. The second-order valence-corrected chi connectivity index (χ2v) is 7.77. The number of ether oxygens (including phenoxy) is 1. The van der Waals surface area contributed by atoms with E-state index in [1.165, 1.54) is 17.9 Å². The standard InChI is InChI=1S/C23H20N4O5S/c1-31-19-11-5-4-10-18(19)27-21(29)16-8-2-3-9-17(16)25-23(27)33-14-20(28)26-22(30)24-13-15-7-6-12-32-15/h2-12H,13-14H2,1H3,(H2,24,26,28,30). The van der Waals surface area contributed by atoms with Crippen LogP contribution in [-0.4, -0.2) is 34.4 Å². The van der Waals surface area contributed by atoms with Gasteiger partial charge >= 0.3 is 6.03 Å². The quantitative estimate of drug-likeness (QED) is 0.319. The fourth-order valence-electron chi connectivity index (χ4n) is 3.15. The van der Waals surface area contributed by atoms with Crippen LogP contribution in [-0.2, 0) is 11.3 Å². The molecule has 0 aliphatic heterocycles. The zero-order chi connectivity index (χ0) is 23.2. The summed E-state index contributed by atoms with van der Waals surface area (Å²) in [4.78, 5) is 42.2. The molecule has 10 heteroatoms. The molecular formula is C23H20N4O5S. The average molecular weight is 465 g/mol. The summed E-state index contributed by atoms with van der Waals surface area (Å²) >= 11 is 1.04. The van der Waals surface area contributed by atoms with E-state index >= 15 is 0 Å². The number of carbonyl (C=O) groups is 2. The zero-order valence-electron chi connectivity index (χ0n) is 17.6. The number of aromatic nitrogens is 2. The molecule has 2 heterocycles. The van der Waals surface area contributed by atoms with Crippen molar-refractivity contribution >= 4 is 34.6 Å². The van der Waals surface area contributed by atoms with Crippen LogP contribution in [0.15, 0.2) is 81.3 Å². The van der Waals surface area contributed by atoms with Gasteiger partial charge in [0.2, 0.25) is 5.91 Å². The minimum absolute atomic E-state index is 0.131. The number of rotatable bonds is 7. The highest BCUT2D eigenvalue weighted by Gasteiger charge is 2.18. The number of nitrogens with one attached hydrogen (secondary N) is 2. The highest BCUT2D eigenvalue weighted by molar-refractivity contribution is 7.99. The first-order valence-electron chi connectivity index (χ1n) is 9.95. The van der Waals surface area contributed by atoms with Gasteiger partial charge in [-0.05, 0) is 36.4 Å². The molecule has 0 spiro atoms. The van der Waals surface area contributed by atoms with Crippen LogP contribution < -0.4 is 20.9 Å². The minimum atomic E-state index is -0.648. The maximum absolute atomic E-state index is 13.3. The number of furan rings is 1. The summed E-state index contributed by atoms with van der Waals surface area (Å²) in [5, 5.41) is 5.53. The van der Waals surface area contributed by atoms with Crippen molar-refractivity contribution in [3.63, 3.8) is 0 Å². The molecule has 0 atom stereocenters. The van der Waals surface area contributed by atoms with Crippen molar-refractivity contribution in [1.82, 2.24) is 20.2 Å². The molecule has 0 aliphatic rings. The highest BCUT2D eigenvalue weighted by Crippen LogP contribution is 2.26. The Morgan fingerprint density at radius 2 is 1.88 bits per heavy atom. The number of imide groups is 1. The lowest BCUT2D eigenvalue weighted by Gasteiger charge is -2.15. The van der Waals surface area contributed by atoms with Crippen LogP contribution in [0.4, 0.5) is 4.79 Å². The Bertz CT molecular complexity index is 1350. The molecule has 168 valence electrons. The molecule has 2 N–H and O–H groups in total. The molecule has 4 rings (SSSR count). The number of urea groups is 1. The first-order valence-corrected chi connectivity index (χ1v) is 10.9. The lowest BCUT2D eigenvalue weighted by Crippen LogP contribution is -2.40. The minimum Gasteiger partial charge on any atom is -0.495 e. The van der Waals surface area contributed by atoms with Gasteiger partial charge in [-0.3, -0.25) is 19.5 Å². The highest BCUT2D eigenvalue weighted by atomic mass is 32.2. The predicted molar refractivity (Wildman–Crippen MR) is 124 cm³/mol. The number of para-hydroxylation sites is 3. The van der Waals surface area contributed by atoms with Gasteiger partial charge in [0.1, 0.15) is 11.5 Å². The molecule has 0 aliphatic carbocycles. The molecule has 2 aromatic carbocycles. The summed E-state index contributed by atoms with van der Waals surface area (Å²) in [7, 11) is 1.51. The Morgan fingerprint density at radius 3 is 2.67 bits per heavy atom. The molecule has 3 amide bonds. The molecule has 2 aromatic heterocycles. The van der Waals surface area contributed by atoms with Crippen LogP contribution in [0, 0.1) is 0 Å². The summed E-state index contributed by atoms with van der Waals surface area (Å²) in [6, 6.07) is 16.8. The Balaban J connectivity index is 1.56. The first kappa shape index (κ1) is 22.2. The maximum atomic E-state index is 13.3. The van der Waals surface area contributed by atoms with E-state index in [9.17, 15) is 14.4 Å². The number of hydrogen-bond acceptors (Lipinski definition) is 7. The van der Waals surface area contributed by atoms with Crippen LogP contribution in [0.3, 0.4) is 0 Å². The Kier molecular flexibility index (Phi) is 6.75. The van der Waals surface area contributed by atoms with Crippen molar-refractivity contribution in [1.29, 1.82) is 0 Å². The van der Waals surface area contributed by atoms with Gasteiger partial charge in [-0.25, -0.2) is 9.78 Å². The maximum Gasteiger partial charge on any atom is 0.321 e. The lowest BCUT2D eigenvalue weighted by molar-refractivity contribution is -0.117. The molecule has 0 saturated heterocycles. The second-order valence-electron chi connectivity index (χ2n) is 6.82. The summed E-state index contributed by atoms with van der Waals surface area (Å²) in [5.41, 5.74) is 0.722. The average Bonchev–Trinajstić information content (AvgIpc) is 3.35. The van der Waals surface area contributed by atoms with Gasteiger partial charge in [-0.2, -0.15) is 0 Å². The van der Waals surface area contributed by atoms with E-state index in [2.05, 4.69) is 15.6 Å². The van der Waals surface area contributed by atoms with E-state index in [1.54, 1.807) is 60.7 Å². The van der Waals surface area contributed by atoms with E-state index in [0.29, 0.717) is 33.3 Å². The molecule has 0 saturated carbocycles. The Labute approximate surface area is 192 Å². The number of amides is 3. The van der Waals surface area contributed by atoms with Crippen molar-refractivity contribution in [2.45, 2.75) is 11.7 Å². The van der Waals surface area contributed by atoms with Gasteiger partial charge in [0.25, 0.3) is 5.56 Å². The molecule has 9 nitrogen and oxygen atoms in total. The summed E-state index contributed by atoms with van der Waals surface area (Å²) < 4.78 is 12.0. The third kappa shape index (κ3) is 5.07. The molecule has 0 unspecified atom stereocenters. The van der Waals surface area contributed by atoms with Crippen molar-refractivity contribution in [2.24, 2.45) is 0 Å². The third-order valence-electron chi connectivity index (χ3n) is 4.66. The van der Waals surface area contributed by atoms with E-state index in [4.69, 9.17) is 9.15 Å². The topological polar surface area (TPSA) is 115 Å². The smallest absolute Gasteiger partial charge is 0.321 e. The van der Waals surface area contributed by atoms with E-state index in [-0.39, 0.29) is 17.9 Å². The largest absolute Gasteiger partial charge is 0.495 e. The number of carbonyl (C=O) groups excluding carboxylic acids is 2. The zero-order valence-corrected chi connectivity index (χ0v) is 18.4. The van der Waals surface area contributed by atoms with Gasteiger partial charge in [0.15, 0.2) is 5.16 Å². The van der Waals surface area contributed by atoms with E-state index < -0.39 is 11.9 Å². The van der Waals surface area contributed by atoms with Gasteiger partial charge in [0, 0.05) is 0 Å².